The van der Waals surface area contributed by atoms with E-state index in [1.807, 2.05) is 72.8 Å². The van der Waals surface area contributed by atoms with Crippen molar-refractivity contribution in [3.63, 3.8) is 0 Å². The normalized spacial score (nSPS) is 11.7. The second kappa shape index (κ2) is 7.60. The van der Waals surface area contributed by atoms with Crippen molar-refractivity contribution in [2.24, 2.45) is 0 Å². The first kappa shape index (κ1) is 16.0. The molecule has 24 heavy (non-hydrogen) atoms. The smallest absolute Gasteiger partial charge is 0.251 e. The van der Waals surface area contributed by atoms with Crippen LogP contribution in [-0.2, 0) is 0 Å². The molecule has 3 rings (SSSR count). The molecule has 0 aliphatic carbocycles. The molecule has 120 valence electrons. The molecule has 3 aromatic carbocycles. The van der Waals surface area contributed by atoms with Gasteiger partial charge in [0.15, 0.2) is 0 Å². The van der Waals surface area contributed by atoms with Crippen LogP contribution < -0.4 is 5.32 Å². The summed E-state index contributed by atoms with van der Waals surface area (Å²) in [6.07, 6.45) is 0.859. The van der Waals surface area contributed by atoms with Crippen molar-refractivity contribution < 1.29 is 4.79 Å². The second-order valence-corrected chi connectivity index (χ2v) is 5.79. The summed E-state index contributed by atoms with van der Waals surface area (Å²) in [5, 5.41) is 3.12. The molecule has 0 saturated heterocycles. The zero-order chi connectivity index (χ0) is 16.8. The lowest BCUT2D eigenvalue weighted by Crippen LogP contribution is -2.28. The largest absolute Gasteiger partial charge is 0.345 e. The van der Waals surface area contributed by atoms with Crippen molar-refractivity contribution in [3.05, 3.63) is 96.1 Å². The first-order chi connectivity index (χ1) is 11.8. The molecule has 0 aliphatic heterocycles. The number of amides is 1. The monoisotopic (exact) mass is 315 g/mol. The molecule has 1 unspecified atom stereocenters. The van der Waals surface area contributed by atoms with E-state index in [-0.39, 0.29) is 11.9 Å². The van der Waals surface area contributed by atoms with Crippen LogP contribution >= 0.6 is 0 Å². The highest BCUT2D eigenvalue weighted by atomic mass is 16.1. The van der Waals surface area contributed by atoms with Crippen molar-refractivity contribution in [2.75, 3.05) is 0 Å². The average molecular weight is 315 g/mol. The molecule has 0 bridgehead atoms. The lowest BCUT2D eigenvalue weighted by Gasteiger charge is -2.17. The summed E-state index contributed by atoms with van der Waals surface area (Å²) in [6, 6.07) is 28.0. The Morgan fingerprint density at radius 2 is 1.33 bits per heavy atom. The van der Waals surface area contributed by atoms with Crippen LogP contribution in [0.3, 0.4) is 0 Å². The van der Waals surface area contributed by atoms with Gasteiger partial charge in [0.05, 0.1) is 6.04 Å². The topological polar surface area (TPSA) is 29.1 Å². The highest BCUT2D eigenvalue weighted by molar-refractivity contribution is 5.95. The van der Waals surface area contributed by atoms with E-state index in [9.17, 15) is 4.79 Å². The van der Waals surface area contributed by atoms with Crippen LogP contribution in [0.15, 0.2) is 84.9 Å². The molecule has 3 aromatic rings. The van der Waals surface area contributed by atoms with Gasteiger partial charge in [0.1, 0.15) is 0 Å². The lowest BCUT2D eigenvalue weighted by atomic mass is 10.0. The number of nitrogens with one attached hydrogen (secondary N) is 1. The maximum atomic E-state index is 12.5. The Balaban J connectivity index is 1.73. The Bertz CT molecular complexity index is 779. The van der Waals surface area contributed by atoms with Crippen LogP contribution in [0.1, 0.15) is 35.3 Å². The van der Waals surface area contributed by atoms with E-state index < -0.39 is 0 Å². The van der Waals surface area contributed by atoms with Gasteiger partial charge in [-0.05, 0) is 35.2 Å². The molecule has 0 radical (unpaired) electrons. The molecule has 0 saturated carbocycles. The Morgan fingerprint density at radius 3 is 1.92 bits per heavy atom. The van der Waals surface area contributed by atoms with Crippen molar-refractivity contribution in [3.8, 4) is 11.1 Å². The second-order valence-electron chi connectivity index (χ2n) is 5.79. The zero-order valence-electron chi connectivity index (χ0n) is 13.8. The van der Waals surface area contributed by atoms with E-state index in [1.54, 1.807) is 0 Å². The quantitative estimate of drug-likeness (QED) is 0.686. The maximum Gasteiger partial charge on any atom is 0.251 e. The number of rotatable bonds is 5. The van der Waals surface area contributed by atoms with E-state index in [0.29, 0.717) is 5.56 Å². The molecule has 0 aliphatic rings. The van der Waals surface area contributed by atoms with E-state index >= 15 is 0 Å². The number of hydrogen-bond donors (Lipinski definition) is 1. The third-order valence-electron chi connectivity index (χ3n) is 4.17. The first-order valence-electron chi connectivity index (χ1n) is 8.29. The summed E-state index contributed by atoms with van der Waals surface area (Å²) in [6.45, 7) is 2.08. The van der Waals surface area contributed by atoms with Gasteiger partial charge >= 0.3 is 0 Å². The fourth-order valence-corrected chi connectivity index (χ4v) is 2.79. The van der Waals surface area contributed by atoms with Gasteiger partial charge in [-0.3, -0.25) is 4.79 Å². The number of carbonyl (C=O) groups excluding carboxylic acids is 1. The van der Waals surface area contributed by atoms with Crippen LogP contribution in [0, 0.1) is 0 Å². The Hall–Kier alpha value is -2.87. The first-order valence-corrected chi connectivity index (χ1v) is 8.29. The zero-order valence-corrected chi connectivity index (χ0v) is 13.8. The SMILES string of the molecule is CCC(NC(=O)c1ccc(-c2ccccc2)cc1)c1ccccc1. The summed E-state index contributed by atoms with van der Waals surface area (Å²) >= 11 is 0. The van der Waals surface area contributed by atoms with Crippen molar-refractivity contribution >= 4 is 5.91 Å². The molecule has 0 fully saturated rings. The summed E-state index contributed by atoms with van der Waals surface area (Å²) in [7, 11) is 0. The average Bonchev–Trinajstić information content (AvgIpc) is 2.67. The summed E-state index contributed by atoms with van der Waals surface area (Å²) in [4.78, 5) is 12.5. The molecule has 0 heterocycles. The van der Waals surface area contributed by atoms with Crippen LogP contribution in [0.25, 0.3) is 11.1 Å². The minimum absolute atomic E-state index is 0.0347. The summed E-state index contributed by atoms with van der Waals surface area (Å²) in [5.41, 5.74) is 4.08. The molecule has 1 atom stereocenters. The Morgan fingerprint density at radius 1 is 0.792 bits per heavy atom. The van der Waals surface area contributed by atoms with Gasteiger partial charge in [0.2, 0.25) is 0 Å². The highest BCUT2D eigenvalue weighted by Crippen LogP contribution is 2.20. The van der Waals surface area contributed by atoms with Crippen LogP contribution in [0.2, 0.25) is 0 Å². The molecule has 1 N–H and O–H groups in total. The lowest BCUT2D eigenvalue weighted by molar-refractivity contribution is 0.0935. The van der Waals surface area contributed by atoms with Gasteiger partial charge in [-0.2, -0.15) is 0 Å². The number of hydrogen-bond acceptors (Lipinski definition) is 1. The fraction of sp³-hybridized carbons (Fsp3) is 0.136. The van der Waals surface area contributed by atoms with Gasteiger partial charge < -0.3 is 5.32 Å². The predicted molar refractivity (Wildman–Crippen MR) is 98.8 cm³/mol. The third-order valence-corrected chi connectivity index (χ3v) is 4.17. The van der Waals surface area contributed by atoms with Gasteiger partial charge in [-0.15, -0.1) is 0 Å². The van der Waals surface area contributed by atoms with Gasteiger partial charge in [-0.1, -0.05) is 79.7 Å². The Kier molecular flexibility index (Phi) is 5.07. The van der Waals surface area contributed by atoms with Gasteiger partial charge in [-0.25, -0.2) is 0 Å². The van der Waals surface area contributed by atoms with E-state index in [0.717, 1.165) is 23.1 Å². The van der Waals surface area contributed by atoms with Crippen LogP contribution in [0.5, 0.6) is 0 Å². The molecule has 0 aromatic heterocycles. The number of benzene rings is 3. The Labute approximate surface area is 143 Å². The minimum Gasteiger partial charge on any atom is -0.345 e. The highest BCUT2D eigenvalue weighted by Gasteiger charge is 2.13. The van der Waals surface area contributed by atoms with Gasteiger partial charge in [0, 0.05) is 5.56 Å². The predicted octanol–water partition coefficient (Wildman–Crippen LogP) is 5.23. The standard InChI is InChI=1S/C22H21NO/c1-2-21(19-11-7-4-8-12-19)23-22(24)20-15-13-18(14-16-20)17-9-5-3-6-10-17/h3-16,21H,2H2,1H3,(H,23,24). The molecule has 2 nitrogen and oxygen atoms in total. The minimum atomic E-state index is -0.0367. The molecule has 0 spiro atoms. The van der Waals surface area contributed by atoms with Crippen molar-refractivity contribution in [1.82, 2.24) is 5.32 Å². The van der Waals surface area contributed by atoms with E-state index in [2.05, 4.69) is 24.4 Å². The molecular weight excluding hydrogens is 294 g/mol. The summed E-state index contributed by atoms with van der Waals surface area (Å²) in [5.74, 6) is -0.0367. The third kappa shape index (κ3) is 3.72. The van der Waals surface area contributed by atoms with Crippen molar-refractivity contribution in [2.45, 2.75) is 19.4 Å². The van der Waals surface area contributed by atoms with Crippen LogP contribution in [-0.4, -0.2) is 5.91 Å². The molecule has 1 amide bonds. The van der Waals surface area contributed by atoms with E-state index in [1.165, 1.54) is 0 Å². The van der Waals surface area contributed by atoms with E-state index in [4.69, 9.17) is 0 Å². The fourth-order valence-electron chi connectivity index (χ4n) is 2.79. The molecular formula is C22H21NO. The van der Waals surface area contributed by atoms with Crippen molar-refractivity contribution in [1.29, 1.82) is 0 Å². The van der Waals surface area contributed by atoms with Gasteiger partial charge in [0.25, 0.3) is 5.91 Å². The number of carbonyl (C=O) groups is 1. The van der Waals surface area contributed by atoms with Crippen LogP contribution in [0.4, 0.5) is 0 Å². The summed E-state index contributed by atoms with van der Waals surface area (Å²) < 4.78 is 0. The molecule has 2 heteroatoms. The maximum absolute atomic E-state index is 12.5.